The molecule has 0 N–H and O–H groups in total. The Labute approximate surface area is 286 Å². The number of hydrogen-bond acceptors (Lipinski definition) is 0. The van der Waals surface area contributed by atoms with E-state index in [9.17, 15) is 0 Å². The van der Waals surface area contributed by atoms with Gasteiger partial charge in [-0.2, -0.15) is 0 Å². The second kappa shape index (κ2) is 10.7. The molecule has 0 bridgehead atoms. The molecule has 7 aromatic carbocycles. The maximum atomic E-state index is 2.41. The number of fused-ring (bicyclic) bond motifs is 11. The topological polar surface area (TPSA) is 4.93 Å². The Bertz CT molecular complexity index is 2680. The Hall–Kier alpha value is -6.18. The van der Waals surface area contributed by atoms with E-state index in [-0.39, 0.29) is 5.41 Å². The van der Waals surface area contributed by atoms with Crippen LogP contribution >= 0.6 is 0 Å². The van der Waals surface area contributed by atoms with Crippen molar-refractivity contribution in [3.63, 3.8) is 0 Å². The Morgan fingerprint density at radius 2 is 1.08 bits per heavy atom. The van der Waals surface area contributed by atoms with Gasteiger partial charge in [-0.3, -0.25) is 0 Å². The average molecular weight is 624 g/mol. The van der Waals surface area contributed by atoms with Crippen LogP contribution in [-0.4, -0.2) is 4.57 Å². The minimum absolute atomic E-state index is 0.354. The summed E-state index contributed by atoms with van der Waals surface area (Å²) in [6.07, 6.45) is 9.21. The van der Waals surface area contributed by atoms with Gasteiger partial charge in [-0.15, -0.1) is 0 Å². The van der Waals surface area contributed by atoms with Crippen LogP contribution in [0.4, 0.5) is 0 Å². The normalized spacial score (nSPS) is 14.6. The predicted molar refractivity (Wildman–Crippen MR) is 207 cm³/mol. The molecular formula is C48H33N. The highest BCUT2D eigenvalue weighted by atomic mass is 15.0. The summed E-state index contributed by atoms with van der Waals surface area (Å²) >= 11 is 0. The first kappa shape index (κ1) is 27.9. The number of nitrogens with zero attached hydrogens (tertiary/aromatic N) is 1. The van der Waals surface area contributed by atoms with Crippen molar-refractivity contribution >= 4 is 44.2 Å². The monoisotopic (exact) mass is 623 g/mol. The van der Waals surface area contributed by atoms with Crippen LogP contribution in [0.25, 0.3) is 61.0 Å². The summed E-state index contributed by atoms with van der Waals surface area (Å²) < 4.78 is 2.41. The van der Waals surface area contributed by atoms with Crippen LogP contribution in [0.3, 0.4) is 0 Å². The van der Waals surface area contributed by atoms with Crippen molar-refractivity contribution < 1.29 is 0 Å². The highest BCUT2D eigenvalue weighted by Crippen LogP contribution is 2.62. The molecule has 0 fully saturated rings. The summed E-state index contributed by atoms with van der Waals surface area (Å²) in [5, 5.41) is 5.03. The number of benzene rings is 7. The molecule has 2 aliphatic carbocycles. The van der Waals surface area contributed by atoms with Gasteiger partial charge in [0.2, 0.25) is 0 Å². The first-order valence-corrected chi connectivity index (χ1v) is 17.1. The molecule has 0 unspecified atom stereocenters. The minimum Gasteiger partial charge on any atom is -0.309 e. The van der Waals surface area contributed by atoms with Crippen molar-refractivity contribution in [2.24, 2.45) is 0 Å². The molecule has 0 aliphatic heterocycles. The van der Waals surface area contributed by atoms with E-state index in [0.717, 1.165) is 0 Å². The first-order chi connectivity index (χ1) is 24.3. The molecule has 49 heavy (non-hydrogen) atoms. The fourth-order valence-corrected chi connectivity index (χ4v) is 8.78. The lowest BCUT2D eigenvalue weighted by molar-refractivity contribution is 0.786. The van der Waals surface area contributed by atoms with Crippen molar-refractivity contribution in [3.05, 3.63) is 209 Å². The third-order valence-corrected chi connectivity index (χ3v) is 10.7. The zero-order valence-electron chi connectivity index (χ0n) is 27.3. The highest BCUT2D eigenvalue weighted by Gasteiger charge is 2.51. The summed E-state index contributed by atoms with van der Waals surface area (Å²) in [6.45, 7) is 2.14. The molecule has 1 aromatic heterocycles. The SMILES string of the molecule is C/C=C/C1=C(/C=C\c2ccc3c(c2)c2ccccc2n3-c2ccc3ccccc3c2)c2ccccc2C12c1ccccc1-c1ccccc12. The third kappa shape index (κ3) is 3.87. The Balaban J connectivity index is 1.16. The Kier molecular flexibility index (Phi) is 6.07. The van der Waals surface area contributed by atoms with E-state index < -0.39 is 0 Å². The van der Waals surface area contributed by atoms with Gasteiger partial charge in [-0.05, 0) is 98.1 Å². The second-order valence-corrected chi connectivity index (χ2v) is 13.2. The van der Waals surface area contributed by atoms with E-state index in [0.29, 0.717) is 0 Å². The lowest BCUT2D eigenvalue weighted by Gasteiger charge is -2.31. The van der Waals surface area contributed by atoms with Crippen LogP contribution in [0.2, 0.25) is 0 Å². The van der Waals surface area contributed by atoms with Crippen molar-refractivity contribution in [1.29, 1.82) is 0 Å². The van der Waals surface area contributed by atoms with E-state index in [1.165, 1.54) is 88.4 Å². The molecule has 0 amide bonds. The zero-order valence-corrected chi connectivity index (χ0v) is 27.3. The van der Waals surface area contributed by atoms with E-state index >= 15 is 0 Å². The average Bonchev–Trinajstić information content (AvgIpc) is 3.75. The lowest BCUT2D eigenvalue weighted by atomic mass is 9.69. The fourth-order valence-electron chi connectivity index (χ4n) is 8.78. The van der Waals surface area contributed by atoms with Gasteiger partial charge in [0.15, 0.2) is 0 Å². The number of para-hydroxylation sites is 1. The summed E-state index contributed by atoms with van der Waals surface area (Å²) in [5.74, 6) is 0. The van der Waals surface area contributed by atoms with Gasteiger partial charge in [-0.25, -0.2) is 0 Å². The Morgan fingerprint density at radius 3 is 1.84 bits per heavy atom. The van der Waals surface area contributed by atoms with Crippen LogP contribution in [0.5, 0.6) is 0 Å². The molecular weight excluding hydrogens is 591 g/mol. The van der Waals surface area contributed by atoms with Crippen LogP contribution in [-0.2, 0) is 5.41 Å². The molecule has 1 heterocycles. The van der Waals surface area contributed by atoms with E-state index in [1.807, 2.05) is 0 Å². The van der Waals surface area contributed by atoms with Gasteiger partial charge in [0, 0.05) is 16.5 Å². The predicted octanol–water partition coefficient (Wildman–Crippen LogP) is 12.3. The molecule has 0 atom stereocenters. The summed E-state index contributed by atoms with van der Waals surface area (Å²) in [6, 6.07) is 58.0. The first-order valence-electron chi connectivity index (χ1n) is 17.1. The van der Waals surface area contributed by atoms with Gasteiger partial charge in [0.05, 0.1) is 16.4 Å². The van der Waals surface area contributed by atoms with Crippen LogP contribution in [0.15, 0.2) is 182 Å². The van der Waals surface area contributed by atoms with Crippen LogP contribution in [0, 0.1) is 0 Å². The van der Waals surface area contributed by atoms with Gasteiger partial charge in [-0.1, -0.05) is 152 Å². The molecule has 230 valence electrons. The third-order valence-electron chi connectivity index (χ3n) is 10.7. The largest absolute Gasteiger partial charge is 0.309 e. The van der Waals surface area contributed by atoms with Crippen LogP contribution < -0.4 is 0 Å². The lowest BCUT2D eigenvalue weighted by Crippen LogP contribution is -2.26. The van der Waals surface area contributed by atoms with Gasteiger partial charge in [0.25, 0.3) is 0 Å². The van der Waals surface area contributed by atoms with E-state index in [4.69, 9.17) is 0 Å². The number of hydrogen-bond donors (Lipinski definition) is 0. The summed E-state index contributed by atoms with van der Waals surface area (Å²) in [5.41, 5.74) is 15.1. The van der Waals surface area contributed by atoms with Crippen molar-refractivity contribution in [2.45, 2.75) is 12.3 Å². The smallest absolute Gasteiger partial charge is 0.0725 e. The van der Waals surface area contributed by atoms with Gasteiger partial charge in [0.1, 0.15) is 0 Å². The standard InChI is InChI=1S/C48H33N/c1-2-13-42-39(38-18-7-11-22-45(38)48(42)43-20-9-5-16-36(43)37-17-6-10-21-44(37)48)28-24-32-25-29-47-41(30-32)40-19-8-12-23-46(40)49(47)35-27-26-33-14-3-4-15-34(33)31-35/h2-31H,1H3/b13-2+,28-24-. The maximum absolute atomic E-state index is 2.41. The molecule has 1 spiro atoms. The van der Waals surface area contributed by atoms with E-state index in [1.54, 1.807) is 0 Å². The van der Waals surface area contributed by atoms with Crippen molar-refractivity contribution in [1.82, 2.24) is 4.57 Å². The minimum atomic E-state index is -0.354. The molecule has 0 radical (unpaired) electrons. The zero-order chi connectivity index (χ0) is 32.5. The molecule has 8 aromatic rings. The van der Waals surface area contributed by atoms with Crippen molar-refractivity contribution in [3.8, 4) is 16.8 Å². The number of aromatic nitrogens is 1. The fraction of sp³-hybridized carbons (Fsp3) is 0.0417. The van der Waals surface area contributed by atoms with Gasteiger partial charge < -0.3 is 4.57 Å². The highest BCUT2D eigenvalue weighted by molar-refractivity contribution is 6.10. The molecule has 10 rings (SSSR count). The quantitative estimate of drug-likeness (QED) is 0.184. The Morgan fingerprint density at radius 1 is 0.469 bits per heavy atom. The molecule has 2 aliphatic rings. The van der Waals surface area contributed by atoms with Crippen molar-refractivity contribution in [2.75, 3.05) is 0 Å². The van der Waals surface area contributed by atoms with Crippen LogP contribution in [0.1, 0.15) is 34.7 Å². The molecule has 0 saturated heterocycles. The summed E-state index contributed by atoms with van der Waals surface area (Å²) in [4.78, 5) is 0. The second-order valence-electron chi connectivity index (χ2n) is 13.2. The van der Waals surface area contributed by atoms with E-state index in [2.05, 4.69) is 194 Å². The molecule has 0 saturated carbocycles. The summed E-state index contributed by atoms with van der Waals surface area (Å²) in [7, 11) is 0. The molecule has 1 nitrogen and oxygen atoms in total. The van der Waals surface area contributed by atoms with Gasteiger partial charge >= 0.3 is 0 Å². The molecule has 1 heteroatoms. The number of allylic oxidation sites excluding steroid dienone is 5. The number of rotatable bonds is 4. The maximum Gasteiger partial charge on any atom is 0.0725 e.